The molecule has 1 saturated heterocycles. The summed E-state index contributed by atoms with van der Waals surface area (Å²) in [5, 5.41) is 8.71. The average Bonchev–Trinajstić information content (AvgIpc) is 2.95. The van der Waals surface area contributed by atoms with Gasteiger partial charge in [0.15, 0.2) is 5.82 Å². The van der Waals surface area contributed by atoms with E-state index in [9.17, 15) is 0 Å². The van der Waals surface area contributed by atoms with E-state index in [1.54, 1.807) is 6.33 Å². The Kier molecular flexibility index (Phi) is 4.54. The topological polar surface area (TPSA) is 75.3 Å². The van der Waals surface area contributed by atoms with E-state index in [2.05, 4.69) is 52.3 Å². The molecule has 0 unspecified atom stereocenters. The highest BCUT2D eigenvalue weighted by molar-refractivity contribution is 5.64. The lowest BCUT2D eigenvalue weighted by Crippen LogP contribution is -2.32. The standard InChI is InChI=1S/C20H26N8/c1-2-17-24-25-20-19(21-7-10-28(17)20)27-9-4-8-26(11-12-27)18-13-16(22-14-23-18)15-5-3-6-15/h7,10,13-15H,2-6,8-9,11-12H2,1H3. The molecule has 4 heterocycles. The van der Waals surface area contributed by atoms with E-state index < -0.39 is 0 Å². The Morgan fingerprint density at radius 2 is 1.82 bits per heavy atom. The van der Waals surface area contributed by atoms with Gasteiger partial charge in [0, 0.05) is 62.7 Å². The summed E-state index contributed by atoms with van der Waals surface area (Å²) in [7, 11) is 0. The molecule has 28 heavy (non-hydrogen) atoms. The van der Waals surface area contributed by atoms with E-state index in [-0.39, 0.29) is 0 Å². The van der Waals surface area contributed by atoms with Crippen molar-refractivity contribution < 1.29 is 0 Å². The third-order valence-electron chi connectivity index (χ3n) is 6.01. The highest BCUT2D eigenvalue weighted by atomic mass is 15.3. The van der Waals surface area contributed by atoms with Crippen LogP contribution in [0.25, 0.3) is 5.65 Å². The molecule has 1 aliphatic heterocycles. The smallest absolute Gasteiger partial charge is 0.203 e. The molecule has 0 spiro atoms. The van der Waals surface area contributed by atoms with Crippen molar-refractivity contribution in [1.82, 2.24) is 29.5 Å². The number of hydrogen-bond acceptors (Lipinski definition) is 7. The minimum absolute atomic E-state index is 0.632. The zero-order valence-electron chi connectivity index (χ0n) is 16.3. The molecule has 5 rings (SSSR count). The molecule has 3 aromatic rings. The minimum Gasteiger partial charge on any atom is -0.355 e. The van der Waals surface area contributed by atoms with Gasteiger partial charge in [0.1, 0.15) is 18.0 Å². The first-order chi connectivity index (χ1) is 13.8. The Bertz CT molecular complexity index is 964. The fraction of sp³-hybridized carbons (Fsp3) is 0.550. The summed E-state index contributed by atoms with van der Waals surface area (Å²) in [4.78, 5) is 18.4. The summed E-state index contributed by atoms with van der Waals surface area (Å²) >= 11 is 0. The molecule has 8 heteroatoms. The van der Waals surface area contributed by atoms with Crippen molar-refractivity contribution >= 4 is 17.3 Å². The summed E-state index contributed by atoms with van der Waals surface area (Å²) in [6.07, 6.45) is 11.3. The van der Waals surface area contributed by atoms with Gasteiger partial charge in [-0.15, -0.1) is 10.2 Å². The van der Waals surface area contributed by atoms with Gasteiger partial charge in [0.2, 0.25) is 5.65 Å². The Hall–Kier alpha value is -2.77. The molecule has 2 aliphatic rings. The Balaban J connectivity index is 1.36. The molecule has 2 fully saturated rings. The monoisotopic (exact) mass is 378 g/mol. The minimum atomic E-state index is 0.632. The van der Waals surface area contributed by atoms with Crippen LogP contribution in [0.1, 0.15) is 50.0 Å². The number of fused-ring (bicyclic) bond motifs is 1. The van der Waals surface area contributed by atoms with Crippen LogP contribution < -0.4 is 9.80 Å². The van der Waals surface area contributed by atoms with Crippen LogP contribution in [0.2, 0.25) is 0 Å². The third-order valence-corrected chi connectivity index (χ3v) is 6.01. The van der Waals surface area contributed by atoms with Gasteiger partial charge >= 0.3 is 0 Å². The van der Waals surface area contributed by atoms with Crippen molar-refractivity contribution in [3.8, 4) is 0 Å². The van der Waals surface area contributed by atoms with Gasteiger partial charge in [-0.2, -0.15) is 0 Å². The third kappa shape index (κ3) is 3.06. The number of aromatic nitrogens is 6. The first kappa shape index (κ1) is 17.3. The molecular weight excluding hydrogens is 352 g/mol. The lowest BCUT2D eigenvalue weighted by atomic mass is 9.83. The van der Waals surface area contributed by atoms with Crippen molar-refractivity contribution in [3.63, 3.8) is 0 Å². The maximum absolute atomic E-state index is 4.63. The number of aryl methyl sites for hydroxylation is 1. The van der Waals surface area contributed by atoms with Crippen LogP contribution in [0.3, 0.4) is 0 Å². The highest BCUT2D eigenvalue weighted by Crippen LogP contribution is 2.36. The van der Waals surface area contributed by atoms with Crippen LogP contribution in [0, 0.1) is 0 Å². The van der Waals surface area contributed by atoms with Gasteiger partial charge in [0.05, 0.1) is 0 Å². The average molecular weight is 378 g/mol. The number of nitrogens with zero attached hydrogens (tertiary/aromatic N) is 8. The molecule has 3 aromatic heterocycles. The van der Waals surface area contributed by atoms with Crippen molar-refractivity contribution in [2.75, 3.05) is 36.0 Å². The SMILES string of the molecule is CCc1nnc2c(N3CCCN(c4cc(C5CCC5)ncn4)CC3)nccn12. The van der Waals surface area contributed by atoms with Gasteiger partial charge in [-0.1, -0.05) is 13.3 Å². The zero-order valence-corrected chi connectivity index (χ0v) is 16.3. The van der Waals surface area contributed by atoms with Crippen molar-refractivity contribution in [2.45, 2.75) is 44.9 Å². The maximum atomic E-state index is 4.63. The van der Waals surface area contributed by atoms with E-state index in [4.69, 9.17) is 0 Å². The van der Waals surface area contributed by atoms with Crippen LogP contribution in [0.5, 0.6) is 0 Å². The van der Waals surface area contributed by atoms with Crippen LogP contribution in [0.15, 0.2) is 24.8 Å². The van der Waals surface area contributed by atoms with Crippen molar-refractivity contribution in [3.05, 3.63) is 36.3 Å². The molecular formula is C20H26N8. The summed E-state index contributed by atoms with van der Waals surface area (Å²) in [5.74, 6) is 3.59. The molecule has 0 amide bonds. The van der Waals surface area contributed by atoms with Gasteiger partial charge in [0.25, 0.3) is 0 Å². The molecule has 0 aromatic carbocycles. The molecule has 0 bridgehead atoms. The van der Waals surface area contributed by atoms with Gasteiger partial charge in [-0.05, 0) is 19.3 Å². The highest BCUT2D eigenvalue weighted by Gasteiger charge is 2.24. The lowest BCUT2D eigenvalue weighted by Gasteiger charge is -2.27. The predicted molar refractivity (Wildman–Crippen MR) is 108 cm³/mol. The molecule has 8 nitrogen and oxygen atoms in total. The number of hydrogen-bond donors (Lipinski definition) is 0. The second-order valence-electron chi connectivity index (χ2n) is 7.67. The van der Waals surface area contributed by atoms with E-state index in [1.807, 2.05) is 12.4 Å². The first-order valence-corrected chi connectivity index (χ1v) is 10.3. The fourth-order valence-electron chi connectivity index (χ4n) is 4.15. The molecule has 1 aliphatic carbocycles. The van der Waals surface area contributed by atoms with E-state index >= 15 is 0 Å². The summed E-state index contributed by atoms with van der Waals surface area (Å²) in [6.45, 7) is 5.86. The fourth-order valence-corrected chi connectivity index (χ4v) is 4.15. The lowest BCUT2D eigenvalue weighted by molar-refractivity contribution is 0.410. The number of rotatable bonds is 4. The second kappa shape index (κ2) is 7.33. The van der Waals surface area contributed by atoms with Crippen LogP contribution in [0.4, 0.5) is 11.6 Å². The molecule has 0 atom stereocenters. The zero-order chi connectivity index (χ0) is 18.9. The van der Waals surface area contributed by atoms with Crippen molar-refractivity contribution in [1.29, 1.82) is 0 Å². The molecule has 0 N–H and O–H groups in total. The molecule has 1 saturated carbocycles. The quantitative estimate of drug-likeness (QED) is 0.690. The van der Waals surface area contributed by atoms with Crippen LogP contribution >= 0.6 is 0 Å². The van der Waals surface area contributed by atoms with Gasteiger partial charge in [-0.25, -0.2) is 15.0 Å². The largest absolute Gasteiger partial charge is 0.355 e. The predicted octanol–water partition coefficient (Wildman–Crippen LogP) is 2.46. The molecule has 0 radical (unpaired) electrons. The number of anilines is 2. The van der Waals surface area contributed by atoms with Gasteiger partial charge in [-0.3, -0.25) is 4.40 Å². The Morgan fingerprint density at radius 3 is 2.64 bits per heavy atom. The normalized spacial score (nSPS) is 18.3. The van der Waals surface area contributed by atoms with E-state index in [0.717, 1.165) is 62.1 Å². The Labute approximate surface area is 164 Å². The van der Waals surface area contributed by atoms with Gasteiger partial charge < -0.3 is 9.80 Å². The molecule has 146 valence electrons. The van der Waals surface area contributed by atoms with Crippen LogP contribution in [-0.2, 0) is 6.42 Å². The second-order valence-corrected chi connectivity index (χ2v) is 7.67. The summed E-state index contributed by atoms with van der Waals surface area (Å²) in [5.41, 5.74) is 2.06. The van der Waals surface area contributed by atoms with E-state index in [1.165, 1.54) is 25.0 Å². The maximum Gasteiger partial charge on any atom is 0.203 e. The van der Waals surface area contributed by atoms with E-state index in [0.29, 0.717) is 5.92 Å². The Morgan fingerprint density at radius 1 is 0.964 bits per heavy atom. The van der Waals surface area contributed by atoms with Crippen LogP contribution in [-0.4, -0.2) is 55.7 Å². The first-order valence-electron chi connectivity index (χ1n) is 10.3. The summed E-state index contributed by atoms with van der Waals surface area (Å²) < 4.78 is 2.06. The van der Waals surface area contributed by atoms with Crippen molar-refractivity contribution in [2.24, 2.45) is 0 Å². The summed E-state index contributed by atoms with van der Waals surface area (Å²) in [6, 6.07) is 2.20.